The quantitative estimate of drug-likeness (QED) is 0.676. The van der Waals surface area contributed by atoms with Gasteiger partial charge in [-0.1, -0.05) is 29.8 Å². The first-order valence-corrected chi connectivity index (χ1v) is 8.60. The largest absolute Gasteiger partial charge is 0.480 e. The van der Waals surface area contributed by atoms with Crippen molar-refractivity contribution in [2.24, 2.45) is 5.41 Å². The predicted octanol–water partition coefficient (Wildman–Crippen LogP) is 3.77. The van der Waals surface area contributed by atoms with Gasteiger partial charge in [0, 0.05) is 14.6 Å². The Balaban J connectivity index is 2.41. The summed E-state index contributed by atoms with van der Waals surface area (Å²) in [6.07, 6.45) is 1.64. The Hall–Kier alpha value is -0.630. The van der Waals surface area contributed by atoms with Gasteiger partial charge in [0.05, 0.1) is 5.56 Å². The van der Waals surface area contributed by atoms with Crippen LogP contribution in [0.1, 0.15) is 37.0 Å². The molecule has 4 nitrogen and oxygen atoms in total. The normalized spacial score (nSPS) is 21.1. The molecule has 1 heterocycles. The van der Waals surface area contributed by atoms with Crippen molar-refractivity contribution in [3.05, 3.63) is 31.8 Å². The summed E-state index contributed by atoms with van der Waals surface area (Å²) >= 11 is 5.47. The number of nitrogens with zero attached hydrogens (tertiary/aromatic N) is 1. The molecule has 1 aliphatic rings. The van der Waals surface area contributed by atoms with Gasteiger partial charge in [-0.15, -0.1) is 0 Å². The van der Waals surface area contributed by atoms with Crippen LogP contribution < -0.4 is 0 Å². The maximum atomic E-state index is 12.8. The average Bonchev–Trinajstić information content (AvgIpc) is 2.38. The fourth-order valence-electron chi connectivity index (χ4n) is 2.90. The Morgan fingerprint density at radius 2 is 2.10 bits per heavy atom. The molecule has 1 N–H and O–H groups in total. The van der Waals surface area contributed by atoms with Gasteiger partial charge in [0.2, 0.25) is 0 Å². The number of hydrogen-bond acceptors (Lipinski definition) is 2. The predicted molar refractivity (Wildman–Crippen MR) is 92.3 cm³/mol. The minimum absolute atomic E-state index is 0.208. The monoisotopic (exact) mass is 465 g/mol. The second kappa shape index (κ2) is 6.24. The van der Waals surface area contributed by atoms with E-state index in [9.17, 15) is 14.7 Å². The number of carbonyl (C=O) groups is 2. The molecule has 1 aromatic carbocycles. The van der Waals surface area contributed by atoms with Gasteiger partial charge in [0.15, 0.2) is 0 Å². The molecule has 2 rings (SSSR count). The number of likely N-dealkylation sites (tertiary alicyclic amines) is 1. The number of carboxylic acid groups (broad SMARTS) is 1. The SMILES string of the molecule is CC1(C)CCCN(C(=O)c2cc(Br)ccc2I)C1C(=O)O. The smallest absolute Gasteiger partial charge is 0.326 e. The zero-order chi connectivity index (χ0) is 15.8. The van der Waals surface area contributed by atoms with Crippen LogP contribution in [0, 0.1) is 8.99 Å². The van der Waals surface area contributed by atoms with Crippen LogP contribution in [0.4, 0.5) is 0 Å². The van der Waals surface area contributed by atoms with E-state index in [0.717, 1.165) is 20.9 Å². The average molecular weight is 466 g/mol. The van der Waals surface area contributed by atoms with Crippen molar-refractivity contribution in [3.8, 4) is 0 Å². The molecule has 0 spiro atoms. The minimum atomic E-state index is -0.932. The number of hydrogen-bond donors (Lipinski definition) is 1. The van der Waals surface area contributed by atoms with E-state index >= 15 is 0 Å². The van der Waals surface area contributed by atoms with Crippen LogP contribution in [0.25, 0.3) is 0 Å². The zero-order valence-corrected chi connectivity index (χ0v) is 15.6. The van der Waals surface area contributed by atoms with E-state index in [2.05, 4.69) is 38.5 Å². The van der Waals surface area contributed by atoms with Crippen molar-refractivity contribution in [2.45, 2.75) is 32.7 Å². The summed E-state index contributed by atoms with van der Waals surface area (Å²) in [5, 5.41) is 9.56. The van der Waals surface area contributed by atoms with Gasteiger partial charge in [-0.2, -0.15) is 0 Å². The molecule has 1 aliphatic heterocycles. The van der Waals surface area contributed by atoms with Gasteiger partial charge in [0.1, 0.15) is 6.04 Å². The summed E-state index contributed by atoms with van der Waals surface area (Å²) in [6.45, 7) is 4.32. The summed E-state index contributed by atoms with van der Waals surface area (Å²) in [5.74, 6) is -1.14. The van der Waals surface area contributed by atoms with Gasteiger partial charge in [-0.25, -0.2) is 4.79 Å². The third-order valence-corrected chi connectivity index (χ3v) is 5.36. The summed E-state index contributed by atoms with van der Waals surface area (Å²) < 4.78 is 1.64. The van der Waals surface area contributed by atoms with E-state index in [1.807, 2.05) is 26.0 Å². The number of rotatable bonds is 2. The summed E-state index contributed by atoms with van der Waals surface area (Å²) in [6, 6.07) is 4.69. The number of benzene rings is 1. The zero-order valence-electron chi connectivity index (χ0n) is 11.9. The van der Waals surface area contributed by atoms with E-state index in [1.165, 1.54) is 4.90 Å². The van der Waals surface area contributed by atoms with Crippen LogP contribution >= 0.6 is 38.5 Å². The van der Waals surface area contributed by atoms with E-state index in [0.29, 0.717) is 12.1 Å². The first-order valence-electron chi connectivity index (χ1n) is 6.73. The molecule has 1 amide bonds. The number of amides is 1. The number of aliphatic carboxylic acids is 1. The maximum Gasteiger partial charge on any atom is 0.326 e. The molecule has 1 unspecified atom stereocenters. The van der Waals surface area contributed by atoms with Crippen molar-refractivity contribution in [2.75, 3.05) is 6.54 Å². The van der Waals surface area contributed by atoms with Crippen molar-refractivity contribution in [1.29, 1.82) is 0 Å². The fourth-order valence-corrected chi connectivity index (χ4v) is 3.82. The Morgan fingerprint density at radius 1 is 1.43 bits per heavy atom. The van der Waals surface area contributed by atoms with Crippen molar-refractivity contribution in [3.63, 3.8) is 0 Å². The molecule has 114 valence electrons. The second-order valence-corrected chi connectivity index (χ2v) is 8.03. The molecule has 21 heavy (non-hydrogen) atoms. The Morgan fingerprint density at radius 3 is 2.71 bits per heavy atom. The number of halogens is 2. The van der Waals surface area contributed by atoms with Crippen LogP contribution in [0.15, 0.2) is 22.7 Å². The highest BCUT2D eigenvalue weighted by Crippen LogP contribution is 2.36. The summed E-state index contributed by atoms with van der Waals surface area (Å²) in [5.41, 5.74) is 0.130. The Bertz CT molecular complexity index is 588. The van der Waals surface area contributed by atoms with Crippen molar-refractivity contribution >= 4 is 50.4 Å². The molecule has 0 aliphatic carbocycles. The van der Waals surface area contributed by atoms with Crippen LogP contribution in [-0.4, -0.2) is 34.5 Å². The Kier molecular flexibility index (Phi) is 4.97. The van der Waals surface area contributed by atoms with Crippen molar-refractivity contribution < 1.29 is 14.7 Å². The van der Waals surface area contributed by atoms with Gasteiger partial charge >= 0.3 is 5.97 Å². The van der Waals surface area contributed by atoms with Gasteiger partial charge in [-0.05, 0) is 59.0 Å². The third kappa shape index (κ3) is 3.41. The van der Waals surface area contributed by atoms with Crippen LogP contribution in [0.2, 0.25) is 0 Å². The highest BCUT2D eigenvalue weighted by molar-refractivity contribution is 14.1. The van der Waals surface area contributed by atoms with E-state index in [4.69, 9.17) is 0 Å². The fraction of sp³-hybridized carbons (Fsp3) is 0.467. The molecule has 6 heteroatoms. The molecule has 0 bridgehead atoms. The molecule has 0 radical (unpaired) electrons. The highest BCUT2D eigenvalue weighted by atomic mass is 127. The topological polar surface area (TPSA) is 57.6 Å². The minimum Gasteiger partial charge on any atom is -0.480 e. The third-order valence-electron chi connectivity index (χ3n) is 3.93. The van der Waals surface area contributed by atoms with E-state index < -0.39 is 17.4 Å². The lowest BCUT2D eigenvalue weighted by Crippen LogP contribution is -2.56. The molecule has 0 saturated carbocycles. The molecule has 1 aromatic rings. The second-order valence-electron chi connectivity index (χ2n) is 5.96. The molecule has 1 saturated heterocycles. The van der Waals surface area contributed by atoms with Crippen molar-refractivity contribution in [1.82, 2.24) is 4.90 Å². The highest BCUT2D eigenvalue weighted by Gasteiger charge is 2.44. The van der Waals surface area contributed by atoms with Crippen LogP contribution in [0.5, 0.6) is 0 Å². The molecule has 0 aromatic heterocycles. The van der Waals surface area contributed by atoms with Gasteiger partial charge in [0.25, 0.3) is 5.91 Å². The van der Waals surface area contributed by atoms with E-state index in [1.54, 1.807) is 6.07 Å². The molecule has 1 atom stereocenters. The number of carbonyl (C=O) groups excluding carboxylic acids is 1. The lowest BCUT2D eigenvalue weighted by molar-refractivity contribution is -0.148. The molecule has 1 fully saturated rings. The van der Waals surface area contributed by atoms with E-state index in [-0.39, 0.29) is 5.91 Å². The lowest BCUT2D eigenvalue weighted by atomic mass is 9.76. The summed E-state index contributed by atoms with van der Waals surface area (Å²) in [4.78, 5) is 26.0. The summed E-state index contributed by atoms with van der Waals surface area (Å²) in [7, 11) is 0. The number of piperidine rings is 1. The Labute approximate surface area is 146 Å². The standard InChI is InChI=1S/C15H17BrINO3/c1-15(2)6-3-7-18(12(15)14(20)21)13(19)10-8-9(16)4-5-11(10)17/h4-5,8,12H,3,6-7H2,1-2H3,(H,20,21). The molecular formula is C15H17BrINO3. The lowest BCUT2D eigenvalue weighted by Gasteiger charge is -2.44. The first-order chi connectivity index (χ1) is 9.74. The first kappa shape index (κ1) is 16.7. The van der Waals surface area contributed by atoms with Crippen LogP contribution in [0.3, 0.4) is 0 Å². The number of carboxylic acids is 1. The maximum absolute atomic E-state index is 12.8. The van der Waals surface area contributed by atoms with Gasteiger partial charge in [-0.3, -0.25) is 4.79 Å². The molecular weight excluding hydrogens is 449 g/mol. The van der Waals surface area contributed by atoms with Gasteiger partial charge < -0.3 is 10.0 Å². The van der Waals surface area contributed by atoms with Crippen LogP contribution in [-0.2, 0) is 4.79 Å².